The summed E-state index contributed by atoms with van der Waals surface area (Å²) >= 11 is 0. The second-order valence-electron chi connectivity index (χ2n) is 6.67. The zero-order valence-electron chi connectivity index (χ0n) is 11.1. The Morgan fingerprint density at radius 3 is 2.53 bits per heavy atom. The molecule has 17 heavy (non-hydrogen) atoms. The summed E-state index contributed by atoms with van der Waals surface area (Å²) in [4.78, 5) is 23.4. The van der Waals surface area contributed by atoms with E-state index in [-0.39, 0.29) is 22.5 Å². The molecule has 3 atom stereocenters. The number of hydrogen-bond donors (Lipinski definition) is 0. The van der Waals surface area contributed by atoms with Gasteiger partial charge < -0.3 is 4.79 Å². The Morgan fingerprint density at radius 1 is 1.29 bits per heavy atom. The maximum absolute atomic E-state index is 12.0. The van der Waals surface area contributed by atoms with E-state index < -0.39 is 0 Å². The third-order valence-corrected chi connectivity index (χ3v) is 5.25. The van der Waals surface area contributed by atoms with Crippen molar-refractivity contribution in [2.75, 3.05) is 0 Å². The van der Waals surface area contributed by atoms with Crippen molar-refractivity contribution >= 4 is 12.1 Å². The van der Waals surface area contributed by atoms with Crippen molar-refractivity contribution in [3.8, 4) is 0 Å². The second-order valence-corrected chi connectivity index (χ2v) is 6.67. The van der Waals surface area contributed by atoms with E-state index in [1.807, 2.05) is 0 Å². The molecule has 0 spiro atoms. The third kappa shape index (κ3) is 1.69. The summed E-state index contributed by atoms with van der Waals surface area (Å²) in [5, 5.41) is 0. The van der Waals surface area contributed by atoms with Crippen LogP contribution in [0.2, 0.25) is 0 Å². The van der Waals surface area contributed by atoms with Gasteiger partial charge in [0.25, 0.3) is 0 Å². The van der Waals surface area contributed by atoms with Crippen LogP contribution < -0.4 is 0 Å². The molecule has 2 rings (SSSR count). The largest absolute Gasteiger partial charge is 0.303 e. The van der Waals surface area contributed by atoms with Crippen molar-refractivity contribution in [3.05, 3.63) is 12.2 Å². The lowest BCUT2D eigenvalue weighted by Gasteiger charge is -2.55. The molecule has 0 N–H and O–H groups in total. The molecule has 2 heteroatoms. The molecule has 0 aromatic heterocycles. The van der Waals surface area contributed by atoms with E-state index in [0.29, 0.717) is 17.9 Å². The fourth-order valence-electron chi connectivity index (χ4n) is 4.17. The molecule has 0 bridgehead atoms. The molecule has 0 aromatic carbocycles. The lowest BCUT2D eigenvalue weighted by molar-refractivity contribution is -0.135. The number of hydrogen-bond acceptors (Lipinski definition) is 2. The molecular formula is C15H22O2. The van der Waals surface area contributed by atoms with Crippen LogP contribution in [0.1, 0.15) is 46.5 Å². The maximum Gasteiger partial charge on any atom is 0.159 e. The highest BCUT2D eigenvalue weighted by atomic mass is 16.1. The summed E-state index contributed by atoms with van der Waals surface area (Å²) in [6.45, 7) is 10.5. The van der Waals surface area contributed by atoms with Crippen LogP contribution in [-0.4, -0.2) is 12.1 Å². The smallest absolute Gasteiger partial charge is 0.159 e. The van der Waals surface area contributed by atoms with Crippen LogP contribution in [0.3, 0.4) is 0 Å². The molecule has 0 radical (unpaired) electrons. The minimum absolute atomic E-state index is 0.0610. The van der Waals surface area contributed by atoms with Gasteiger partial charge in [-0.1, -0.05) is 33.8 Å². The zero-order valence-corrected chi connectivity index (χ0v) is 11.1. The lowest BCUT2D eigenvalue weighted by Crippen LogP contribution is -2.52. The van der Waals surface area contributed by atoms with Gasteiger partial charge in [-0.3, -0.25) is 4.79 Å². The average molecular weight is 234 g/mol. The van der Waals surface area contributed by atoms with E-state index in [1.54, 1.807) is 0 Å². The number of carbonyl (C=O) groups is 2. The molecule has 0 aromatic rings. The number of aldehydes is 1. The lowest BCUT2D eigenvalue weighted by atomic mass is 9.47. The highest BCUT2D eigenvalue weighted by molar-refractivity contribution is 5.99. The standard InChI is InChI=1S/C15H22O2/c1-10-11(9-16)15(4)7-5-6-14(2,3)13(15)8-12(10)17/h9,11,13H,1,5-8H2,2-4H3/t11-,13?,15+/m0/s1. The van der Waals surface area contributed by atoms with Gasteiger partial charge in [-0.2, -0.15) is 0 Å². The van der Waals surface area contributed by atoms with Crippen molar-refractivity contribution < 1.29 is 9.59 Å². The summed E-state index contributed by atoms with van der Waals surface area (Å²) in [6.07, 6.45) is 4.86. The summed E-state index contributed by atoms with van der Waals surface area (Å²) in [7, 11) is 0. The van der Waals surface area contributed by atoms with Crippen molar-refractivity contribution in [1.82, 2.24) is 0 Å². The van der Waals surface area contributed by atoms with Crippen LogP contribution in [0.15, 0.2) is 12.2 Å². The Hall–Kier alpha value is -0.920. The third-order valence-electron chi connectivity index (χ3n) is 5.25. The van der Waals surface area contributed by atoms with Crippen LogP contribution in [0, 0.1) is 22.7 Å². The van der Waals surface area contributed by atoms with Crippen molar-refractivity contribution in [2.45, 2.75) is 46.5 Å². The average Bonchev–Trinajstić information content (AvgIpc) is 2.22. The van der Waals surface area contributed by atoms with Crippen LogP contribution in [0.4, 0.5) is 0 Å². The Labute approximate surface area is 103 Å². The quantitative estimate of drug-likeness (QED) is 0.516. The first-order valence-corrected chi connectivity index (χ1v) is 6.50. The van der Waals surface area contributed by atoms with Gasteiger partial charge in [-0.15, -0.1) is 0 Å². The molecule has 2 saturated carbocycles. The molecule has 0 aliphatic heterocycles. The summed E-state index contributed by atoms with van der Waals surface area (Å²) < 4.78 is 0. The molecule has 2 aliphatic rings. The van der Waals surface area contributed by atoms with E-state index in [9.17, 15) is 9.59 Å². The molecule has 94 valence electrons. The first-order valence-electron chi connectivity index (χ1n) is 6.50. The predicted octanol–water partition coefficient (Wildman–Crippen LogP) is 3.16. The van der Waals surface area contributed by atoms with Gasteiger partial charge >= 0.3 is 0 Å². The van der Waals surface area contributed by atoms with Gasteiger partial charge in [0.1, 0.15) is 6.29 Å². The topological polar surface area (TPSA) is 34.1 Å². The molecule has 0 saturated heterocycles. The van der Waals surface area contributed by atoms with Crippen LogP contribution in [0.5, 0.6) is 0 Å². The summed E-state index contributed by atoms with van der Waals surface area (Å²) in [5.41, 5.74) is 0.635. The van der Waals surface area contributed by atoms with Crippen molar-refractivity contribution in [3.63, 3.8) is 0 Å². The molecule has 2 aliphatic carbocycles. The minimum Gasteiger partial charge on any atom is -0.303 e. The highest BCUT2D eigenvalue weighted by Crippen LogP contribution is 2.59. The van der Waals surface area contributed by atoms with Gasteiger partial charge in [0.05, 0.1) is 0 Å². The molecule has 2 nitrogen and oxygen atoms in total. The molecular weight excluding hydrogens is 212 g/mol. The van der Waals surface area contributed by atoms with Crippen LogP contribution >= 0.6 is 0 Å². The highest BCUT2D eigenvalue weighted by Gasteiger charge is 2.55. The van der Waals surface area contributed by atoms with E-state index >= 15 is 0 Å². The Balaban J connectivity index is 2.46. The van der Waals surface area contributed by atoms with E-state index in [2.05, 4.69) is 27.4 Å². The number of allylic oxidation sites excluding steroid dienone is 1. The Morgan fingerprint density at radius 2 is 1.94 bits per heavy atom. The van der Waals surface area contributed by atoms with Crippen molar-refractivity contribution in [2.24, 2.45) is 22.7 Å². The van der Waals surface area contributed by atoms with Crippen LogP contribution in [-0.2, 0) is 9.59 Å². The minimum atomic E-state index is -0.270. The Kier molecular flexibility index (Phi) is 2.80. The number of fused-ring (bicyclic) bond motifs is 1. The fourth-order valence-corrected chi connectivity index (χ4v) is 4.17. The molecule has 0 amide bonds. The SMILES string of the molecule is C=C1C(=O)CC2C(C)(C)CCC[C@]2(C)[C@H]1C=O. The first kappa shape index (κ1) is 12.5. The van der Waals surface area contributed by atoms with Crippen molar-refractivity contribution in [1.29, 1.82) is 0 Å². The molecule has 1 unspecified atom stereocenters. The van der Waals surface area contributed by atoms with E-state index in [4.69, 9.17) is 0 Å². The van der Waals surface area contributed by atoms with Gasteiger partial charge in [0, 0.05) is 12.3 Å². The number of carbonyl (C=O) groups excluding carboxylic acids is 2. The van der Waals surface area contributed by atoms with Gasteiger partial charge in [-0.05, 0) is 35.2 Å². The maximum atomic E-state index is 12.0. The summed E-state index contributed by atoms with van der Waals surface area (Å²) in [6, 6.07) is 0. The fraction of sp³-hybridized carbons (Fsp3) is 0.733. The number of ketones is 1. The Bertz CT molecular complexity index is 380. The number of Topliss-reactive ketones (excluding diaryl/α,β-unsaturated/α-hetero) is 1. The summed E-state index contributed by atoms with van der Waals surface area (Å²) in [5.74, 6) is 0.143. The van der Waals surface area contributed by atoms with Gasteiger partial charge in [-0.25, -0.2) is 0 Å². The predicted molar refractivity (Wildman–Crippen MR) is 67.5 cm³/mol. The van der Waals surface area contributed by atoms with Gasteiger partial charge in [0.15, 0.2) is 5.78 Å². The van der Waals surface area contributed by atoms with E-state index in [0.717, 1.165) is 25.5 Å². The number of rotatable bonds is 1. The molecule has 0 heterocycles. The van der Waals surface area contributed by atoms with E-state index in [1.165, 1.54) is 0 Å². The monoisotopic (exact) mass is 234 g/mol. The first-order chi connectivity index (χ1) is 7.83. The van der Waals surface area contributed by atoms with Gasteiger partial charge in [0.2, 0.25) is 0 Å². The zero-order chi connectivity index (χ0) is 12.8. The normalized spacial score (nSPS) is 40.9. The second kappa shape index (κ2) is 3.79. The molecule has 2 fully saturated rings. The van der Waals surface area contributed by atoms with Crippen LogP contribution in [0.25, 0.3) is 0 Å².